The van der Waals surface area contributed by atoms with Crippen LogP contribution in [-0.4, -0.2) is 34.6 Å². The summed E-state index contributed by atoms with van der Waals surface area (Å²) in [6.45, 7) is 12.5. The molecule has 3 rings (SSSR count). The number of rotatable bonds is 9. The van der Waals surface area contributed by atoms with Crippen LogP contribution in [0.5, 0.6) is 0 Å². The summed E-state index contributed by atoms with van der Waals surface area (Å²) in [5.41, 5.74) is -1.30. The molecular formula is C32H36F3O4S3+. The van der Waals surface area contributed by atoms with Gasteiger partial charge in [-0.3, -0.25) is 9.59 Å². The normalized spacial score (nSPS) is 12.4. The van der Waals surface area contributed by atoms with Crippen molar-refractivity contribution in [3.05, 3.63) is 77.9 Å². The van der Waals surface area contributed by atoms with Crippen LogP contribution in [0.4, 0.5) is 13.2 Å². The zero-order valence-corrected chi connectivity index (χ0v) is 27.2. The molecule has 0 spiro atoms. The van der Waals surface area contributed by atoms with Gasteiger partial charge in [-0.25, -0.2) is 0 Å². The SMILES string of the molecule is Cc1cc([S+](c2ccc(SCC(=O)OC(C)(C)C)cc2)c2ccc(SCC(=O)OC(C)(C)C)cc2)cc(C(F)(F)F)c1. The Morgan fingerprint density at radius 3 is 1.43 bits per heavy atom. The van der Waals surface area contributed by atoms with Gasteiger partial charge in [-0.15, -0.1) is 23.5 Å². The van der Waals surface area contributed by atoms with Crippen molar-refractivity contribution < 1.29 is 32.2 Å². The quantitative estimate of drug-likeness (QED) is 0.133. The van der Waals surface area contributed by atoms with E-state index in [1.54, 1.807) is 13.0 Å². The summed E-state index contributed by atoms with van der Waals surface area (Å²) in [7, 11) is -0.841. The van der Waals surface area contributed by atoms with Crippen molar-refractivity contribution in [1.29, 1.82) is 0 Å². The summed E-state index contributed by atoms with van der Waals surface area (Å²) in [5, 5.41) is 0. The van der Waals surface area contributed by atoms with E-state index in [1.165, 1.54) is 29.6 Å². The van der Waals surface area contributed by atoms with Crippen LogP contribution < -0.4 is 0 Å². The first kappa shape index (κ1) is 33.9. The average molecular weight is 638 g/mol. The Labute approximate surface area is 257 Å². The van der Waals surface area contributed by atoms with Crippen molar-refractivity contribution in [2.45, 2.75) is 90.3 Å². The molecule has 0 unspecified atom stereocenters. The van der Waals surface area contributed by atoms with Crippen LogP contribution in [0.1, 0.15) is 52.7 Å². The van der Waals surface area contributed by atoms with E-state index in [1.807, 2.05) is 90.1 Å². The van der Waals surface area contributed by atoms with Gasteiger partial charge in [0.2, 0.25) is 0 Å². The molecule has 0 atom stereocenters. The monoisotopic (exact) mass is 637 g/mol. The molecule has 42 heavy (non-hydrogen) atoms. The zero-order valence-electron chi connectivity index (χ0n) is 24.8. The maximum absolute atomic E-state index is 13.7. The number of carbonyl (C=O) groups excluding carboxylic acids is 2. The van der Waals surface area contributed by atoms with Gasteiger partial charge in [0.15, 0.2) is 14.7 Å². The lowest BCUT2D eigenvalue weighted by atomic mass is 10.1. The van der Waals surface area contributed by atoms with Gasteiger partial charge in [0, 0.05) is 15.9 Å². The van der Waals surface area contributed by atoms with E-state index in [0.29, 0.717) is 10.5 Å². The number of hydrogen-bond acceptors (Lipinski definition) is 6. The third-order valence-corrected chi connectivity index (χ3v) is 9.45. The number of aryl methyl sites for hydroxylation is 1. The Bertz CT molecular complexity index is 1300. The lowest BCUT2D eigenvalue weighted by Crippen LogP contribution is -2.24. The Balaban J connectivity index is 1.89. The maximum Gasteiger partial charge on any atom is 0.416 e. The van der Waals surface area contributed by atoms with Gasteiger partial charge >= 0.3 is 18.1 Å². The van der Waals surface area contributed by atoms with Gasteiger partial charge in [-0.1, -0.05) is 0 Å². The molecule has 0 amide bonds. The first-order valence-corrected chi connectivity index (χ1v) is 16.4. The minimum Gasteiger partial charge on any atom is -0.459 e. The number of halogens is 3. The van der Waals surface area contributed by atoms with Crippen molar-refractivity contribution in [3.8, 4) is 0 Å². The highest BCUT2D eigenvalue weighted by molar-refractivity contribution is 8.00. The van der Waals surface area contributed by atoms with E-state index in [-0.39, 0.29) is 23.4 Å². The lowest BCUT2D eigenvalue weighted by Gasteiger charge is -2.19. The minimum absolute atomic E-state index is 0.150. The summed E-state index contributed by atoms with van der Waals surface area (Å²) in [6.07, 6.45) is -4.47. The third-order valence-electron chi connectivity index (χ3n) is 5.29. The lowest BCUT2D eigenvalue weighted by molar-refractivity contribution is -0.152. The number of esters is 2. The molecule has 10 heteroatoms. The van der Waals surface area contributed by atoms with E-state index < -0.39 is 33.8 Å². The van der Waals surface area contributed by atoms with Crippen molar-refractivity contribution in [1.82, 2.24) is 0 Å². The summed E-state index contributed by atoms with van der Waals surface area (Å²) >= 11 is 2.68. The Morgan fingerprint density at radius 1 is 0.667 bits per heavy atom. The highest BCUT2D eigenvalue weighted by Gasteiger charge is 2.35. The van der Waals surface area contributed by atoms with Crippen molar-refractivity contribution in [3.63, 3.8) is 0 Å². The number of carbonyl (C=O) groups is 2. The number of benzene rings is 3. The van der Waals surface area contributed by atoms with Gasteiger partial charge in [0.1, 0.15) is 11.2 Å². The third kappa shape index (κ3) is 10.9. The van der Waals surface area contributed by atoms with Crippen LogP contribution >= 0.6 is 23.5 Å². The predicted molar refractivity (Wildman–Crippen MR) is 164 cm³/mol. The molecule has 0 aromatic heterocycles. The molecule has 0 heterocycles. The Kier molecular flexibility index (Phi) is 11.2. The molecule has 0 saturated carbocycles. The minimum atomic E-state index is -4.47. The van der Waals surface area contributed by atoms with Gasteiger partial charge in [0.05, 0.1) is 28.0 Å². The second-order valence-corrected chi connectivity index (χ2v) is 15.7. The first-order valence-electron chi connectivity index (χ1n) is 13.2. The van der Waals surface area contributed by atoms with E-state index >= 15 is 0 Å². The van der Waals surface area contributed by atoms with Gasteiger partial charge in [-0.05, 0) is 115 Å². The molecule has 0 radical (unpaired) electrons. The average Bonchev–Trinajstić information content (AvgIpc) is 2.85. The summed E-state index contributed by atoms with van der Waals surface area (Å²) in [6, 6.07) is 19.2. The van der Waals surface area contributed by atoms with Crippen LogP contribution in [0.15, 0.2) is 91.2 Å². The molecule has 226 valence electrons. The van der Waals surface area contributed by atoms with E-state index in [4.69, 9.17) is 9.47 Å². The Hall–Kier alpha value is -2.56. The van der Waals surface area contributed by atoms with Crippen molar-refractivity contribution in [2.75, 3.05) is 11.5 Å². The highest BCUT2D eigenvalue weighted by Crippen LogP contribution is 2.38. The van der Waals surface area contributed by atoms with Crippen LogP contribution in [-0.2, 0) is 36.1 Å². The summed E-state index contributed by atoms with van der Waals surface area (Å²) in [5.74, 6) is -0.337. The standard InChI is InChI=1S/C32H36F3O4S3/c1-21-16-22(32(33,34)35)18-27(17-21)42(25-12-8-23(9-13-25)40-19-28(36)38-30(2,3)4)26-14-10-24(11-15-26)41-20-29(37)39-31(5,6)7/h8-18H,19-20H2,1-7H3/q+1. The fourth-order valence-corrected chi connectivity index (χ4v) is 7.33. The van der Waals surface area contributed by atoms with Crippen LogP contribution in [0.3, 0.4) is 0 Å². The molecule has 3 aromatic carbocycles. The molecule has 0 aliphatic heterocycles. The number of ether oxygens (including phenoxy) is 2. The molecule has 0 bridgehead atoms. The van der Waals surface area contributed by atoms with E-state index in [9.17, 15) is 22.8 Å². The van der Waals surface area contributed by atoms with Gasteiger partial charge in [0.25, 0.3) is 0 Å². The molecular weight excluding hydrogens is 602 g/mol. The maximum atomic E-state index is 13.7. The molecule has 3 aromatic rings. The number of hydrogen-bond donors (Lipinski definition) is 0. The topological polar surface area (TPSA) is 52.6 Å². The molecule has 0 saturated heterocycles. The molecule has 0 aliphatic carbocycles. The smallest absolute Gasteiger partial charge is 0.416 e. The number of alkyl halides is 3. The van der Waals surface area contributed by atoms with Gasteiger partial charge in [-0.2, -0.15) is 13.2 Å². The summed E-state index contributed by atoms with van der Waals surface area (Å²) in [4.78, 5) is 28.2. The first-order chi connectivity index (χ1) is 19.4. The largest absolute Gasteiger partial charge is 0.459 e. The molecule has 4 nitrogen and oxygen atoms in total. The van der Waals surface area contributed by atoms with E-state index in [2.05, 4.69) is 0 Å². The van der Waals surface area contributed by atoms with Crippen molar-refractivity contribution in [2.24, 2.45) is 0 Å². The van der Waals surface area contributed by atoms with E-state index in [0.717, 1.165) is 25.6 Å². The second kappa shape index (κ2) is 13.8. The van der Waals surface area contributed by atoms with Gasteiger partial charge < -0.3 is 9.47 Å². The molecule has 0 aliphatic rings. The molecule has 0 fully saturated rings. The Morgan fingerprint density at radius 2 is 1.07 bits per heavy atom. The van der Waals surface area contributed by atoms with Crippen LogP contribution in [0, 0.1) is 6.92 Å². The fourth-order valence-electron chi connectivity index (χ4n) is 3.81. The van der Waals surface area contributed by atoms with Crippen LogP contribution in [0.25, 0.3) is 0 Å². The highest BCUT2D eigenvalue weighted by atomic mass is 32.2. The second-order valence-electron chi connectivity index (χ2n) is 11.5. The van der Waals surface area contributed by atoms with Crippen molar-refractivity contribution >= 4 is 46.4 Å². The molecule has 0 N–H and O–H groups in total. The predicted octanol–water partition coefficient (Wildman–Crippen LogP) is 8.98. The zero-order chi connectivity index (χ0) is 31.3. The summed E-state index contributed by atoms with van der Waals surface area (Å²) < 4.78 is 52.0. The fraction of sp³-hybridized carbons (Fsp3) is 0.375. The number of thioether (sulfide) groups is 2. The van der Waals surface area contributed by atoms with Crippen LogP contribution in [0.2, 0.25) is 0 Å².